The van der Waals surface area contributed by atoms with Crippen LogP contribution in [0.3, 0.4) is 0 Å². The minimum atomic E-state index is 0.300. The van der Waals surface area contributed by atoms with Crippen LogP contribution in [0.5, 0.6) is 0 Å². The Balaban J connectivity index is 2.19. The average Bonchev–Trinajstić information content (AvgIpc) is 2.65. The number of nitrogens with zero attached hydrogens (tertiary/aromatic N) is 2. The number of nitrogens with two attached hydrogens (primary N) is 1. The van der Waals surface area contributed by atoms with E-state index >= 15 is 0 Å². The summed E-state index contributed by atoms with van der Waals surface area (Å²) in [6, 6.07) is 4.56. The molecule has 1 aliphatic rings. The van der Waals surface area contributed by atoms with Crippen molar-refractivity contribution in [2.24, 2.45) is 5.73 Å². The molecule has 2 aromatic rings. The number of likely N-dealkylation sites (N-methyl/N-ethyl adjacent to an activating group) is 1. The molecule has 0 amide bonds. The summed E-state index contributed by atoms with van der Waals surface area (Å²) in [4.78, 5) is 6.68. The molecule has 90 valence electrons. The standard InChI is InChI=1S/C13H17N3O/c1-8-15-11-5-9-3-4-16(2)12(7-14)10(9)6-13(11)17-8/h5-6,12H,3-4,7,14H2,1-2H3. The van der Waals surface area contributed by atoms with E-state index in [1.54, 1.807) is 0 Å². The Kier molecular flexibility index (Phi) is 2.42. The first-order valence-electron chi connectivity index (χ1n) is 5.99. The molecule has 1 aromatic heterocycles. The van der Waals surface area contributed by atoms with Crippen molar-refractivity contribution < 1.29 is 4.42 Å². The van der Waals surface area contributed by atoms with E-state index in [-0.39, 0.29) is 0 Å². The second kappa shape index (κ2) is 3.82. The van der Waals surface area contributed by atoms with Gasteiger partial charge in [-0.25, -0.2) is 4.98 Å². The van der Waals surface area contributed by atoms with Crippen molar-refractivity contribution in [2.45, 2.75) is 19.4 Å². The predicted molar refractivity (Wildman–Crippen MR) is 66.9 cm³/mol. The number of oxazole rings is 1. The van der Waals surface area contributed by atoms with Gasteiger partial charge in [0.25, 0.3) is 0 Å². The lowest BCUT2D eigenvalue weighted by Crippen LogP contribution is -2.36. The molecule has 2 N–H and O–H groups in total. The zero-order valence-corrected chi connectivity index (χ0v) is 10.2. The molecular formula is C13H17N3O. The van der Waals surface area contributed by atoms with E-state index in [1.165, 1.54) is 11.1 Å². The predicted octanol–water partition coefficient (Wildman–Crippen LogP) is 1.62. The van der Waals surface area contributed by atoms with Gasteiger partial charge in [0, 0.05) is 26.1 Å². The summed E-state index contributed by atoms with van der Waals surface area (Å²) in [7, 11) is 2.12. The van der Waals surface area contributed by atoms with Crippen LogP contribution >= 0.6 is 0 Å². The van der Waals surface area contributed by atoms with Crippen LogP contribution in [0, 0.1) is 6.92 Å². The van der Waals surface area contributed by atoms with Gasteiger partial charge in [-0.15, -0.1) is 0 Å². The first-order chi connectivity index (χ1) is 8.19. The maximum atomic E-state index is 5.87. The van der Waals surface area contributed by atoms with Crippen LogP contribution in [0.1, 0.15) is 23.1 Å². The summed E-state index contributed by atoms with van der Waals surface area (Å²) in [5.41, 5.74) is 10.4. The maximum Gasteiger partial charge on any atom is 0.192 e. The minimum absolute atomic E-state index is 0.300. The van der Waals surface area contributed by atoms with E-state index in [1.807, 2.05) is 6.92 Å². The molecule has 0 aliphatic carbocycles. The number of benzene rings is 1. The van der Waals surface area contributed by atoms with E-state index in [9.17, 15) is 0 Å². The van der Waals surface area contributed by atoms with Gasteiger partial charge in [0.05, 0.1) is 0 Å². The molecule has 4 nitrogen and oxygen atoms in total. The zero-order valence-electron chi connectivity index (χ0n) is 10.2. The molecule has 1 atom stereocenters. The van der Waals surface area contributed by atoms with E-state index in [0.717, 1.165) is 30.0 Å². The van der Waals surface area contributed by atoms with Crippen molar-refractivity contribution in [1.82, 2.24) is 9.88 Å². The van der Waals surface area contributed by atoms with E-state index in [2.05, 4.69) is 29.1 Å². The molecule has 0 saturated carbocycles. The van der Waals surface area contributed by atoms with Gasteiger partial charge in [0.2, 0.25) is 0 Å². The highest BCUT2D eigenvalue weighted by Crippen LogP contribution is 2.31. The van der Waals surface area contributed by atoms with Crippen molar-refractivity contribution in [2.75, 3.05) is 20.1 Å². The fraction of sp³-hybridized carbons (Fsp3) is 0.462. The summed E-state index contributed by atoms with van der Waals surface area (Å²) in [5, 5.41) is 0. The Morgan fingerprint density at radius 1 is 1.53 bits per heavy atom. The van der Waals surface area contributed by atoms with E-state index < -0.39 is 0 Å². The summed E-state index contributed by atoms with van der Waals surface area (Å²) in [6.07, 6.45) is 1.06. The third-order valence-electron chi connectivity index (χ3n) is 3.60. The Hall–Kier alpha value is -1.39. The summed E-state index contributed by atoms with van der Waals surface area (Å²) in [5.74, 6) is 0.722. The quantitative estimate of drug-likeness (QED) is 0.810. The van der Waals surface area contributed by atoms with Crippen LogP contribution in [-0.2, 0) is 6.42 Å². The number of hydrogen-bond donors (Lipinski definition) is 1. The first kappa shape index (κ1) is 10.7. The zero-order chi connectivity index (χ0) is 12.0. The highest BCUT2D eigenvalue weighted by molar-refractivity contribution is 5.75. The Labute approximate surface area is 100 Å². The summed E-state index contributed by atoms with van der Waals surface area (Å²) >= 11 is 0. The summed E-state index contributed by atoms with van der Waals surface area (Å²) < 4.78 is 5.59. The molecule has 2 heterocycles. The van der Waals surface area contributed by atoms with Crippen molar-refractivity contribution >= 4 is 11.1 Å². The third-order valence-corrected chi connectivity index (χ3v) is 3.60. The lowest BCUT2D eigenvalue weighted by atomic mass is 9.92. The van der Waals surface area contributed by atoms with Gasteiger partial charge in [0.15, 0.2) is 11.5 Å². The smallest absolute Gasteiger partial charge is 0.192 e. The SMILES string of the molecule is Cc1nc2cc3c(cc2o1)C(CN)N(C)CC3. The first-order valence-corrected chi connectivity index (χ1v) is 5.99. The molecule has 1 aromatic carbocycles. The second-order valence-electron chi connectivity index (χ2n) is 4.73. The van der Waals surface area contributed by atoms with Gasteiger partial charge < -0.3 is 10.2 Å². The van der Waals surface area contributed by atoms with Crippen molar-refractivity contribution in [3.8, 4) is 0 Å². The molecular weight excluding hydrogens is 214 g/mol. The highest BCUT2D eigenvalue weighted by Gasteiger charge is 2.24. The molecule has 0 radical (unpaired) electrons. The third kappa shape index (κ3) is 1.64. The normalized spacial score (nSPS) is 20.8. The van der Waals surface area contributed by atoms with Crippen LogP contribution in [0.4, 0.5) is 0 Å². The molecule has 4 heteroatoms. The van der Waals surface area contributed by atoms with Crippen molar-refractivity contribution in [3.63, 3.8) is 0 Å². The van der Waals surface area contributed by atoms with Crippen LogP contribution in [0.15, 0.2) is 16.5 Å². The van der Waals surface area contributed by atoms with E-state index in [0.29, 0.717) is 12.6 Å². The topological polar surface area (TPSA) is 55.3 Å². The monoisotopic (exact) mass is 231 g/mol. The van der Waals surface area contributed by atoms with Gasteiger partial charge >= 0.3 is 0 Å². The lowest BCUT2D eigenvalue weighted by molar-refractivity contribution is 0.236. The number of hydrogen-bond acceptors (Lipinski definition) is 4. The van der Waals surface area contributed by atoms with Gasteiger partial charge in [-0.2, -0.15) is 0 Å². The molecule has 0 spiro atoms. The van der Waals surface area contributed by atoms with Crippen LogP contribution in [0.25, 0.3) is 11.1 Å². The van der Waals surface area contributed by atoms with Crippen LogP contribution in [-0.4, -0.2) is 30.0 Å². The van der Waals surface area contributed by atoms with Gasteiger partial charge in [-0.1, -0.05) is 0 Å². The Morgan fingerprint density at radius 3 is 3.12 bits per heavy atom. The number of fused-ring (bicyclic) bond motifs is 2. The largest absolute Gasteiger partial charge is 0.441 e. The minimum Gasteiger partial charge on any atom is -0.441 e. The van der Waals surface area contributed by atoms with Gasteiger partial charge in [0.1, 0.15) is 5.52 Å². The molecule has 3 rings (SSSR count). The molecule has 0 bridgehead atoms. The summed E-state index contributed by atoms with van der Waals surface area (Å²) in [6.45, 7) is 3.57. The van der Waals surface area contributed by atoms with Crippen molar-refractivity contribution in [1.29, 1.82) is 0 Å². The lowest BCUT2D eigenvalue weighted by Gasteiger charge is -2.33. The Morgan fingerprint density at radius 2 is 2.35 bits per heavy atom. The van der Waals surface area contributed by atoms with E-state index in [4.69, 9.17) is 10.2 Å². The fourth-order valence-electron chi connectivity index (χ4n) is 2.67. The van der Waals surface area contributed by atoms with Gasteiger partial charge in [-0.3, -0.25) is 4.90 Å². The average molecular weight is 231 g/mol. The highest BCUT2D eigenvalue weighted by atomic mass is 16.3. The molecule has 0 saturated heterocycles. The fourth-order valence-corrected chi connectivity index (χ4v) is 2.67. The van der Waals surface area contributed by atoms with Crippen molar-refractivity contribution in [3.05, 3.63) is 29.2 Å². The number of aromatic nitrogens is 1. The number of aryl methyl sites for hydroxylation is 1. The second-order valence-corrected chi connectivity index (χ2v) is 4.73. The Bertz CT molecular complexity index is 561. The number of rotatable bonds is 1. The molecule has 0 fully saturated rings. The van der Waals surface area contributed by atoms with Gasteiger partial charge in [-0.05, 0) is 36.7 Å². The molecule has 17 heavy (non-hydrogen) atoms. The van der Waals surface area contributed by atoms with Crippen LogP contribution < -0.4 is 5.73 Å². The molecule has 1 unspecified atom stereocenters. The molecule has 1 aliphatic heterocycles. The maximum absolute atomic E-state index is 5.87. The van der Waals surface area contributed by atoms with Crippen LogP contribution in [0.2, 0.25) is 0 Å².